The van der Waals surface area contributed by atoms with Gasteiger partial charge < -0.3 is 9.47 Å². The molecular formula is C12H17NO4S. The number of allylic oxidation sites excluding steroid dienone is 1. The molecule has 1 aliphatic heterocycles. The minimum absolute atomic E-state index is 0.223. The maximum Gasteiger partial charge on any atom is 0.325 e. The third-order valence-electron chi connectivity index (χ3n) is 2.17. The van der Waals surface area contributed by atoms with Gasteiger partial charge in [-0.05, 0) is 25.7 Å². The van der Waals surface area contributed by atoms with Crippen LogP contribution in [0.5, 0.6) is 0 Å². The highest BCUT2D eigenvalue weighted by Crippen LogP contribution is 2.22. The van der Waals surface area contributed by atoms with Crippen LogP contribution in [0.2, 0.25) is 0 Å². The van der Waals surface area contributed by atoms with Crippen LogP contribution in [0.3, 0.4) is 0 Å². The van der Waals surface area contributed by atoms with E-state index in [2.05, 4.69) is 4.99 Å². The Kier molecular flexibility index (Phi) is 6.49. The van der Waals surface area contributed by atoms with E-state index in [0.717, 1.165) is 17.9 Å². The number of hydrogen-bond acceptors (Lipinski definition) is 6. The predicted molar refractivity (Wildman–Crippen MR) is 70.4 cm³/mol. The summed E-state index contributed by atoms with van der Waals surface area (Å²) in [5.41, 5.74) is 0.874. The number of esters is 2. The van der Waals surface area contributed by atoms with Gasteiger partial charge in [0, 0.05) is 17.7 Å². The Balaban J connectivity index is 2.69. The van der Waals surface area contributed by atoms with Crippen LogP contribution < -0.4 is 0 Å². The molecule has 1 aliphatic rings. The maximum absolute atomic E-state index is 11.6. The SMILES string of the molecule is CCOC(=O)C(C=NC1=CSCC1)C(=O)OCC. The number of ether oxygens (including phenoxy) is 2. The van der Waals surface area contributed by atoms with Crippen molar-refractivity contribution >= 4 is 29.9 Å². The lowest BCUT2D eigenvalue weighted by Crippen LogP contribution is -2.29. The van der Waals surface area contributed by atoms with Crippen molar-refractivity contribution in [3.05, 3.63) is 11.1 Å². The summed E-state index contributed by atoms with van der Waals surface area (Å²) in [5.74, 6) is -1.33. The van der Waals surface area contributed by atoms with E-state index in [1.165, 1.54) is 6.21 Å². The number of nitrogens with zero attached hydrogens (tertiary/aromatic N) is 1. The molecule has 0 bridgehead atoms. The molecule has 0 N–H and O–H groups in total. The average Bonchev–Trinajstić information content (AvgIpc) is 2.83. The number of hydrogen-bond donors (Lipinski definition) is 0. The second-order valence-electron chi connectivity index (χ2n) is 3.49. The first kappa shape index (κ1) is 14.8. The smallest absolute Gasteiger partial charge is 0.325 e. The minimum atomic E-state index is -1.07. The van der Waals surface area contributed by atoms with Crippen molar-refractivity contribution in [3.63, 3.8) is 0 Å². The van der Waals surface area contributed by atoms with Crippen molar-refractivity contribution in [1.29, 1.82) is 0 Å². The second-order valence-corrected chi connectivity index (χ2v) is 4.47. The zero-order valence-electron chi connectivity index (χ0n) is 10.5. The monoisotopic (exact) mass is 271 g/mol. The Bertz CT molecular complexity index is 347. The summed E-state index contributed by atoms with van der Waals surface area (Å²) in [4.78, 5) is 27.4. The quantitative estimate of drug-likeness (QED) is 0.418. The van der Waals surface area contributed by atoms with Gasteiger partial charge in [-0.3, -0.25) is 14.6 Å². The molecule has 6 heteroatoms. The summed E-state index contributed by atoms with van der Waals surface area (Å²) in [6.45, 7) is 3.82. The third-order valence-corrected chi connectivity index (χ3v) is 3.04. The molecule has 0 unspecified atom stereocenters. The lowest BCUT2D eigenvalue weighted by atomic mass is 10.1. The normalized spacial score (nSPS) is 14.9. The van der Waals surface area contributed by atoms with E-state index >= 15 is 0 Å². The molecule has 0 amide bonds. The minimum Gasteiger partial charge on any atom is -0.465 e. The van der Waals surface area contributed by atoms with E-state index in [4.69, 9.17) is 9.47 Å². The number of carbonyl (C=O) groups is 2. The maximum atomic E-state index is 11.6. The Morgan fingerprint density at radius 2 is 2.00 bits per heavy atom. The number of carbonyl (C=O) groups excluding carboxylic acids is 2. The van der Waals surface area contributed by atoms with Crippen LogP contribution in [-0.4, -0.2) is 37.1 Å². The highest BCUT2D eigenvalue weighted by molar-refractivity contribution is 8.02. The summed E-state index contributed by atoms with van der Waals surface area (Å²) in [6.07, 6.45) is 2.16. The van der Waals surface area contributed by atoms with Crippen LogP contribution in [0.1, 0.15) is 20.3 Å². The number of rotatable bonds is 6. The van der Waals surface area contributed by atoms with Crippen LogP contribution in [0.4, 0.5) is 0 Å². The van der Waals surface area contributed by atoms with Gasteiger partial charge in [0.05, 0.1) is 13.2 Å². The van der Waals surface area contributed by atoms with Crippen LogP contribution in [0, 0.1) is 5.92 Å². The van der Waals surface area contributed by atoms with Gasteiger partial charge in [0.15, 0.2) is 5.92 Å². The summed E-state index contributed by atoms with van der Waals surface area (Å²) in [5, 5.41) is 1.92. The topological polar surface area (TPSA) is 65.0 Å². The Morgan fingerprint density at radius 1 is 1.39 bits per heavy atom. The van der Waals surface area contributed by atoms with E-state index in [9.17, 15) is 9.59 Å². The van der Waals surface area contributed by atoms with E-state index in [-0.39, 0.29) is 13.2 Å². The zero-order chi connectivity index (χ0) is 13.4. The van der Waals surface area contributed by atoms with Gasteiger partial charge in [0.1, 0.15) is 0 Å². The fourth-order valence-electron chi connectivity index (χ4n) is 1.32. The van der Waals surface area contributed by atoms with Gasteiger partial charge in [-0.1, -0.05) is 0 Å². The molecule has 0 fully saturated rings. The van der Waals surface area contributed by atoms with Gasteiger partial charge in [-0.25, -0.2) is 0 Å². The molecule has 100 valence electrons. The van der Waals surface area contributed by atoms with E-state index in [1.54, 1.807) is 25.6 Å². The molecule has 0 spiro atoms. The van der Waals surface area contributed by atoms with E-state index in [0.29, 0.717) is 0 Å². The van der Waals surface area contributed by atoms with Crippen molar-refractivity contribution in [1.82, 2.24) is 0 Å². The average molecular weight is 271 g/mol. The third kappa shape index (κ3) is 4.52. The predicted octanol–water partition coefficient (Wildman–Crippen LogP) is 1.78. The molecule has 0 atom stereocenters. The first-order chi connectivity index (χ1) is 8.69. The molecule has 18 heavy (non-hydrogen) atoms. The second kappa shape index (κ2) is 7.92. The number of thioether (sulfide) groups is 1. The Hall–Kier alpha value is -1.30. The van der Waals surface area contributed by atoms with Gasteiger partial charge in [0.25, 0.3) is 0 Å². The van der Waals surface area contributed by atoms with Crippen molar-refractivity contribution in [2.24, 2.45) is 10.9 Å². The van der Waals surface area contributed by atoms with Gasteiger partial charge in [-0.2, -0.15) is 0 Å². The molecule has 0 aromatic rings. The molecule has 1 heterocycles. The van der Waals surface area contributed by atoms with E-state index < -0.39 is 17.9 Å². The van der Waals surface area contributed by atoms with Crippen LogP contribution in [0.15, 0.2) is 16.1 Å². The molecule has 0 radical (unpaired) electrons. The fourth-order valence-corrected chi connectivity index (χ4v) is 2.14. The molecule has 1 rings (SSSR count). The summed E-state index contributed by atoms with van der Waals surface area (Å²) in [6, 6.07) is 0. The first-order valence-electron chi connectivity index (χ1n) is 5.87. The van der Waals surface area contributed by atoms with Gasteiger partial charge in [-0.15, -0.1) is 11.8 Å². The van der Waals surface area contributed by atoms with Crippen LogP contribution in [-0.2, 0) is 19.1 Å². The Morgan fingerprint density at radius 3 is 2.44 bits per heavy atom. The van der Waals surface area contributed by atoms with Crippen molar-refractivity contribution < 1.29 is 19.1 Å². The molecule has 0 aromatic carbocycles. The lowest BCUT2D eigenvalue weighted by molar-refractivity contribution is -0.157. The highest BCUT2D eigenvalue weighted by atomic mass is 32.2. The first-order valence-corrected chi connectivity index (χ1v) is 6.92. The summed E-state index contributed by atoms with van der Waals surface area (Å²) < 4.78 is 9.66. The molecule has 0 saturated heterocycles. The van der Waals surface area contributed by atoms with Crippen LogP contribution in [0.25, 0.3) is 0 Å². The largest absolute Gasteiger partial charge is 0.465 e. The van der Waals surface area contributed by atoms with Crippen molar-refractivity contribution in [3.8, 4) is 0 Å². The van der Waals surface area contributed by atoms with E-state index in [1.807, 2.05) is 5.41 Å². The molecule has 0 saturated carbocycles. The molecule has 0 aromatic heterocycles. The highest BCUT2D eigenvalue weighted by Gasteiger charge is 2.27. The zero-order valence-corrected chi connectivity index (χ0v) is 11.4. The summed E-state index contributed by atoms with van der Waals surface area (Å²) in [7, 11) is 0. The summed E-state index contributed by atoms with van der Waals surface area (Å²) >= 11 is 1.66. The fraction of sp³-hybridized carbons (Fsp3) is 0.583. The van der Waals surface area contributed by atoms with Gasteiger partial charge >= 0.3 is 11.9 Å². The molecule has 0 aliphatic carbocycles. The molecule has 5 nitrogen and oxygen atoms in total. The number of aliphatic imine (C=N–C) groups is 1. The van der Waals surface area contributed by atoms with Crippen LogP contribution >= 0.6 is 11.8 Å². The van der Waals surface area contributed by atoms with Gasteiger partial charge in [0.2, 0.25) is 0 Å². The Labute approximate surface area is 111 Å². The molecular weight excluding hydrogens is 254 g/mol. The lowest BCUT2D eigenvalue weighted by Gasteiger charge is -2.09. The van der Waals surface area contributed by atoms with Crippen molar-refractivity contribution in [2.75, 3.05) is 19.0 Å². The standard InChI is InChI=1S/C12H17NO4S/c1-3-16-11(14)10(12(15)17-4-2)7-13-9-5-6-18-8-9/h7-8,10H,3-6H2,1-2H3. The van der Waals surface area contributed by atoms with Crippen molar-refractivity contribution in [2.45, 2.75) is 20.3 Å².